The molecule has 4 radical (unpaired) electrons. The zero-order valence-corrected chi connectivity index (χ0v) is 93.9. The van der Waals surface area contributed by atoms with E-state index in [0.29, 0.717) is 17.3 Å². The number of rotatable bonds is 96. The quantitative estimate of drug-likeness (QED) is 0.0249. The minimum Gasteiger partial charge on any atom is -0.411 e. The third kappa shape index (κ3) is 117. The molecule has 0 bridgehead atoms. The smallest absolute Gasteiger partial charge is 0.0162 e. The maximum absolute atomic E-state index is 5.32. The van der Waals surface area contributed by atoms with Crippen molar-refractivity contribution < 1.29 is 0 Å². The van der Waals surface area contributed by atoms with E-state index in [1.165, 1.54) is 565 Å². The van der Waals surface area contributed by atoms with Crippen LogP contribution in [-0.2, 0) is 50.5 Å². The van der Waals surface area contributed by atoms with Gasteiger partial charge < -0.3 is 119 Å². The van der Waals surface area contributed by atoms with E-state index in [-0.39, 0.29) is 27.3 Å². The molecule has 0 amide bonds. The van der Waals surface area contributed by atoms with Gasteiger partial charge in [-0.05, 0) is 51.4 Å². The molecular formula is C108H216N4PbS8-4. The number of thiocarbonyl (C=S) groups is 4. The molecule has 0 saturated heterocycles. The first-order chi connectivity index (χ1) is 58.9. The Balaban J connectivity index is -0.000000493. The van der Waals surface area contributed by atoms with E-state index in [0.717, 1.165) is 52.4 Å². The van der Waals surface area contributed by atoms with E-state index in [1.54, 1.807) is 0 Å². The Morgan fingerprint density at radius 1 is 0.124 bits per heavy atom. The first-order valence-electron chi connectivity index (χ1n) is 54.7. The summed E-state index contributed by atoms with van der Waals surface area (Å²) in [5.41, 5.74) is 0. The van der Waals surface area contributed by atoms with Crippen molar-refractivity contribution in [3.63, 3.8) is 0 Å². The topological polar surface area (TPSA) is 13.0 Å². The predicted octanol–water partition coefficient (Wildman–Crippen LogP) is 38.6. The van der Waals surface area contributed by atoms with Crippen LogP contribution < -0.4 is 0 Å². The largest absolute Gasteiger partial charge is 0.411 e. The molecule has 0 aliphatic rings. The van der Waals surface area contributed by atoms with Crippen molar-refractivity contribution in [2.24, 2.45) is 0 Å². The van der Waals surface area contributed by atoms with Crippen molar-refractivity contribution in [3.05, 3.63) is 0 Å². The number of nitrogens with zero attached hydrogens (tertiary/aromatic N) is 4. The predicted molar refractivity (Wildman–Crippen MR) is 584 cm³/mol. The van der Waals surface area contributed by atoms with Crippen molar-refractivity contribution in [1.82, 2.24) is 19.6 Å². The van der Waals surface area contributed by atoms with Gasteiger partial charge in [-0.1, -0.05) is 586 Å². The summed E-state index contributed by atoms with van der Waals surface area (Å²) in [6, 6.07) is 0. The molecule has 0 unspecified atom stereocenters. The fourth-order valence-electron chi connectivity index (χ4n) is 16.9. The van der Waals surface area contributed by atoms with Crippen LogP contribution in [0.1, 0.15) is 620 Å². The summed E-state index contributed by atoms with van der Waals surface area (Å²) in [6.45, 7) is 27.0. The second kappa shape index (κ2) is 119. The standard InChI is InChI=1S/4C27H55NS2.Pb/c4*1-3-5-7-9-11-13-15-17-19-21-23-25-28(27(29)30)26-24-22-20-18-16-14-12-10-8-6-4-2;/h4*3-26H2,1-2H3,(H,29,30);/p-4. The van der Waals surface area contributed by atoms with Crippen molar-refractivity contribution in [1.29, 1.82) is 0 Å². The van der Waals surface area contributed by atoms with E-state index in [9.17, 15) is 0 Å². The summed E-state index contributed by atoms with van der Waals surface area (Å²) < 4.78 is 2.76. The average Bonchev–Trinajstić information content (AvgIpc) is 0.984. The van der Waals surface area contributed by atoms with Gasteiger partial charge in [0.25, 0.3) is 0 Å². The minimum atomic E-state index is 0. The van der Waals surface area contributed by atoms with Crippen LogP contribution in [0.25, 0.3) is 0 Å². The van der Waals surface area contributed by atoms with E-state index in [4.69, 9.17) is 99.4 Å². The molecule has 13 heteroatoms. The van der Waals surface area contributed by atoms with Gasteiger partial charge in [-0.15, -0.1) is 0 Å². The van der Waals surface area contributed by atoms with Crippen LogP contribution in [0.2, 0.25) is 0 Å². The maximum Gasteiger partial charge on any atom is 0.0162 e. The Morgan fingerprint density at radius 3 is 0.240 bits per heavy atom. The molecular weight excluding hydrogens is 1820 g/mol. The molecule has 0 fully saturated rings. The van der Waals surface area contributed by atoms with Crippen LogP contribution in [-0.4, -0.2) is 117 Å². The van der Waals surface area contributed by atoms with Gasteiger partial charge in [0.1, 0.15) is 0 Å². The average molecular weight is 2030 g/mol. The van der Waals surface area contributed by atoms with Gasteiger partial charge in [0.2, 0.25) is 0 Å². The zero-order valence-electron chi connectivity index (χ0n) is 83.4. The van der Waals surface area contributed by atoms with Gasteiger partial charge in [-0.2, -0.15) is 0 Å². The van der Waals surface area contributed by atoms with Gasteiger partial charge in [-0.3, -0.25) is 0 Å². The molecule has 0 aliphatic carbocycles. The fraction of sp³-hybridized carbons (Fsp3) is 0.963. The van der Waals surface area contributed by atoms with E-state index in [1.807, 2.05) is 0 Å². The van der Waals surface area contributed by atoms with E-state index < -0.39 is 0 Å². The first-order valence-corrected chi connectivity index (χ1v) is 58.0. The number of hydrogen-bond donors (Lipinski definition) is 0. The minimum absolute atomic E-state index is 0. The van der Waals surface area contributed by atoms with E-state index in [2.05, 4.69) is 75.0 Å². The Morgan fingerprint density at radius 2 is 0.182 bits per heavy atom. The number of hydrogen-bond acceptors (Lipinski definition) is 8. The molecule has 724 valence electrons. The maximum atomic E-state index is 5.32. The molecule has 0 aromatic heterocycles. The molecule has 0 saturated carbocycles. The summed E-state index contributed by atoms with van der Waals surface area (Å²) in [7, 11) is 0. The van der Waals surface area contributed by atoms with Crippen LogP contribution in [0, 0.1) is 0 Å². The zero-order chi connectivity index (χ0) is 88.5. The second-order valence-corrected chi connectivity index (χ2v) is 41.4. The Bertz CT molecular complexity index is 1550. The van der Waals surface area contributed by atoms with Crippen molar-refractivity contribution in [2.45, 2.75) is 620 Å². The van der Waals surface area contributed by atoms with Gasteiger partial charge in [0.15, 0.2) is 0 Å². The second-order valence-electron chi connectivity index (χ2n) is 37.3. The molecule has 121 heavy (non-hydrogen) atoms. The van der Waals surface area contributed by atoms with Crippen LogP contribution in [0.15, 0.2) is 0 Å². The van der Waals surface area contributed by atoms with Crippen LogP contribution >= 0.6 is 48.9 Å². The van der Waals surface area contributed by atoms with Crippen molar-refractivity contribution in [2.75, 3.05) is 52.4 Å². The third-order valence-corrected chi connectivity index (χ3v) is 27.4. The van der Waals surface area contributed by atoms with Gasteiger partial charge >= 0.3 is 0 Å². The van der Waals surface area contributed by atoms with Gasteiger partial charge in [0.05, 0.1) is 0 Å². The summed E-state index contributed by atoms with van der Waals surface area (Å²) >= 11 is 42.5. The molecule has 4 nitrogen and oxygen atoms in total. The Hall–Kier alpha value is 1.36. The summed E-state index contributed by atoms with van der Waals surface area (Å²) in [5, 5.41) is 0. The summed E-state index contributed by atoms with van der Waals surface area (Å²) in [4.78, 5) is 9.14. The number of unbranched alkanes of at least 4 members (excludes halogenated alkanes) is 80. The van der Waals surface area contributed by atoms with Crippen LogP contribution in [0.5, 0.6) is 0 Å². The summed E-state index contributed by atoms with van der Waals surface area (Å²) in [5.74, 6) is 0. The van der Waals surface area contributed by atoms with Crippen molar-refractivity contribution >= 4 is 144 Å². The molecule has 0 aliphatic heterocycles. The van der Waals surface area contributed by atoms with Crippen molar-refractivity contribution in [3.8, 4) is 0 Å². The molecule has 0 rings (SSSR count). The van der Waals surface area contributed by atoms with Crippen LogP contribution in [0.4, 0.5) is 0 Å². The molecule has 0 aromatic rings. The normalized spacial score (nSPS) is 11.0. The van der Waals surface area contributed by atoms with Gasteiger partial charge in [-0.25, -0.2) is 0 Å². The van der Waals surface area contributed by atoms with Crippen LogP contribution in [0.3, 0.4) is 0 Å². The third-order valence-electron chi connectivity index (χ3n) is 25.3. The Labute approximate surface area is 828 Å². The molecule has 0 N–H and O–H groups in total. The molecule has 0 heterocycles. The van der Waals surface area contributed by atoms with Gasteiger partial charge in [0, 0.05) is 79.7 Å². The fourth-order valence-corrected chi connectivity index (χ4v) is 18.4. The monoisotopic (exact) mass is 2030 g/mol. The SMILES string of the molecule is CCCCCCCCCCCCCN(CCCCCCCCCCCCC)C(=S)[S-].CCCCCCCCCCCCCN(CCCCCCCCCCCCC)C(=S)[S-].CCCCCCCCCCCCCN(CCCCCCCCCCCCC)C(=S)[S-].CCCCCCCCCCCCCN(CCCCCCCCCCCCC)C(=S)[S-].[Pb]. The molecule has 0 atom stereocenters. The molecule has 0 aromatic carbocycles. The Kier molecular flexibility index (Phi) is 129. The summed E-state index contributed by atoms with van der Waals surface area (Å²) in [6.07, 6.45) is 123. The first kappa shape index (κ1) is 131. The van der Waals surface area contributed by atoms with E-state index >= 15 is 0 Å². The molecule has 0 spiro atoms.